The zero-order valence-corrected chi connectivity index (χ0v) is 11.2. The van der Waals surface area contributed by atoms with Crippen molar-refractivity contribution in [1.82, 2.24) is 15.2 Å². The van der Waals surface area contributed by atoms with Crippen molar-refractivity contribution >= 4 is 33.5 Å². The van der Waals surface area contributed by atoms with Crippen LogP contribution in [0.2, 0.25) is 0 Å². The number of H-pyrrole nitrogens is 1. The highest BCUT2D eigenvalue weighted by Crippen LogP contribution is 2.33. The van der Waals surface area contributed by atoms with Gasteiger partial charge in [0.15, 0.2) is 0 Å². The van der Waals surface area contributed by atoms with E-state index in [1.807, 2.05) is 0 Å². The van der Waals surface area contributed by atoms with Crippen LogP contribution < -0.4 is 11.1 Å². The van der Waals surface area contributed by atoms with E-state index in [2.05, 4.69) is 36.4 Å². The molecule has 0 radical (unpaired) electrons. The summed E-state index contributed by atoms with van der Waals surface area (Å²) >= 11 is 2.95. The maximum absolute atomic E-state index is 12.6. The minimum Gasteiger partial charge on any atom is -0.366 e. The molecule has 0 fully saturated rings. The molecule has 0 bridgehead atoms. The zero-order chi connectivity index (χ0) is 14.9. The van der Waals surface area contributed by atoms with Crippen LogP contribution in [0.1, 0.15) is 16.2 Å². The van der Waals surface area contributed by atoms with E-state index >= 15 is 0 Å². The third-order valence-corrected chi connectivity index (χ3v) is 2.66. The van der Waals surface area contributed by atoms with Gasteiger partial charge in [0.1, 0.15) is 0 Å². The number of alkyl halides is 3. The lowest BCUT2D eigenvalue weighted by Crippen LogP contribution is -2.15. The van der Waals surface area contributed by atoms with Gasteiger partial charge >= 0.3 is 6.18 Å². The van der Waals surface area contributed by atoms with Gasteiger partial charge in [0.2, 0.25) is 11.8 Å². The van der Waals surface area contributed by atoms with Gasteiger partial charge in [-0.25, -0.2) is 0 Å². The minimum absolute atomic E-state index is 0.0355. The summed E-state index contributed by atoms with van der Waals surface area (Å²) in [6.45, 7) is 0. The Morgan fingerprint density at radius 3 is 2.60 bits per heavy atom. The number of hydrogen-bond donors (Lipinski definition) is 3. The molecule has 0 aliphatic heterocycles. The smallest absolute Gasteiger partial charge is 0.366 e. The number of nitrogens with zero attached hydrogens (tertiary/aromatic N) is 2. The Morgan fingerprint density at radius 2 is 2.05 bits per heavy atom. The van der Waals surface area contributed by atoms with Crippen molar-refractivity contribution in [3.05, 3.63) is 34.1 Å². The molecule has 2 aromatic rings. The molecule has 0 spiro atoms. The molecule has 0 aliphatic carbocycles. The van der Waals surface area contributed by atoms with Gasteiger partial charge in [0.05, 0.1) is 5.56 Å². The fraction of sp³-hybridized carbons (Fsp3) is 0.100. The lowest BCUT2D eigenvalue weighted by atomic mass is 10.2. The number of nitrogens with one attached hydrogen (secondary N) is 2. The molecule has 106 valence electrons. The van der Waals surface area contributed by atoms with E-state index in [0.717, 1.165) is 12.1 Å². The molecule has 1 heterocycles. The third kappa shape index (κ3) is 3.26. The third-order valence-electron chi connectivity index (χ3n) is 2.20. The number of halogens is 4. The standard InChI is InChI=1S/C10H7BrF3N5O/c11-5-1-4(10(12,13)14)2-6(3-5)16-8(20)7-17-9(15)19-18-7/h1-3H,(H,16,20)(H3,15,17,18,19). The summed E-state index contributed by atoms with van der Waals surface area (Å²) in [6.07, 6.45) is -4.51. The number of anilines is 2. The monoisotopic (exact) mass is 349 g/mol. The number of nitrogens with two attached hydrogens (primary N) is 1. The molecule has 20 heavy (non-hydrogen) atoms. The first-order valence-electron chi connectivity index (χ1n) is 5.13. The van der Waals surface area contributed by atoms with Gasteiger partial charge in [0, 0.05) is 10.2 Å². The lowest BCUT2D eigenvalue weighted by molar-refractivity contribution is -0.137. The van der Waals surface area contributed by atoms with Crippen LogP contribution in [0.25, 0.3) is 0 Å². The second-order valence-corrected chi connectivity index (χ2v) is 4.64. The first-order chi connectivity index (χ1) is 9.25. The Bertz CT molecular complexity index is 655. The Kier molecular flexibility index (Phi) is 3.66. The molecule has 0 unspecified atom stereocenters. The van der Waals surface area contributed by atoms with Crippen LogP contribution in [-0.2, 0) is 6.18 Å². The molecule has 2 rings (SSSR count). The van der Waals surface area contributed by atoms with E-state index in [-0.39, 0.29) is 21.9 Å². The van der Waals surface area contributed by atoms with Crippen LogP contribution in [0.15, 0.2) is 22.7 Å². The van der Waals surface area contributed by atoms with Crippen molar-refractivity contribution in [1.29, 1.82) is 0 Å². The van der Waals surface area contributed by atoms with Gasteiger partial charge in [-0.2, -0.15) is 18.2 Å². The first kappa shape index (κ1) is 14.3. The summed E-state index contributed by atoms with van der Waals surface area (Å²) in [5.41, 5.74) is 4.30. The SMILES string of the molecule is Nc1n[nH]c(C(=O)Nc2cc(Br)cc(C(F)(F)F)c2)n1. The molecule has 0 aliphatic rings. The molecule has 10 heteroatoms. The van der Waals surface area contributed by atoms with Gasteiger partial charge in [-0.1, -0.05) is 15.9 Å². The number of carbonyl (C=O) groups is 1. The van der Waals surface area contributed by atoms with Crippen molar-refractivity contribution in [2.45, 2.75) is 6.18 Å². The number of amides is 1. The maximum atomic E-state index is 12.6. The number of hydrogen-bond acceptors (Lipinski definition) is 4. The summed E-state index contributed by atoms with van der Waals surface area (Å²) in [4.78, 5) is 15.3. The minimum atomic E-state index is -4.51. The molecular formula is C10H7BrF3N5O. The average Bonchev–Trinajstić information content (AvgIpc) is 2.74. The fourth-order valence-electron chi connectivity index (χ4n) is 1.39. The van der Waals surface area contributed by atoms with Crippen molar-refractivity contribution in [2.75, 3.05) is 11.1 Å². The number of benzene rings is 1. The van der Waals surface area contributed by atoms with Gasteiger partial charge < -0.3 is 11.1 Å². The molecule has 1 aromatic carbocycles. The van der Waals surface area contributed by atoms with Crippen LogP contribution in [0, 0.1) is 0 Å². The summed E-state index contributed by atoms with van der Waals surface area (Å²) in [7, 11) is 0. The van der Waals surface area contributed by atoms with Crippen LogP contribution in [0.5, 0.6) is 0 Å². The number of aromatic nitrogens is 3. The number of carbonyl (C=O) groups excluding carboxylic acids is 1. The highest BCUT2D eigenvalue weighted by atomic mass is 79.9. The van der Waals surface area contributed by atoms with E-state index < -0.39 is 17.6 Å². The highest BCUT2D eigenvalue weighted by Gasteiger charge is 2.31. The predicted molar refractivity (Wildman–Crippen MR) is 67.9 cm³/mol. The normalized spacial score (nSPS) is 11.4. The summed E-state index contributed by atoms with van der Waals surface area (Å²) in [5, 5.41) is 7.96. The molecule has 1 aromatic heterocycles. The molecule has 0 saturated heterocycles. The molecule has 6 nitrogen and oxygen atoms in total. The Labute approximate surface area is 118 Å². The Morgan fingerprint density at radius 1 is 1.35 bits per heavy atom. The van der Waals surface area contributed by atoms with Gasteiger partial charge in [0.25, 0.3) is 5.91 Å². The van der Waals surface area contributed by atoms with Crippen LogP contribution >= 0.6 is 15.9 Å². The van der Waals surface area contributed by atoms with E-state index in [9.17, 15) is 18.0 Å². The number of aromatic amines is 1. The predicted octanol–water partition coefficient (Wildman–Crippen LogP) is 2.42. The van der Waals surface area contributed by atoms with Crippen LogP contribution in [-0.4, -0.2) is 21.1 Å². The van der Waals surface area contributed by atoms with E-state index in [1.54, 1.807) is 0 Å². The summed E-state index contributed by atoms with van der Waals surface area (Å²) < 4.78 is 38.1. The van der Waals surface area contributed by atoms with Gasteiger partial charge in [-0.15, -0.1) is 5.10 Å². The second-order valence-electron chi connectivity index (χ2n) is 3.72. The largest absolute Gasteiger partial charge is 0.416 e. The quantitative estimate of drug-likeness (QED) is 0.775. The second kappa shape index (κ2) is 5.12. The van der Waals surface area contributed by atoms with Crippen molar-refractivity contribution in [3.8, 4) is 0 Å². The summed E-state index contributed by atoms with van der Waals surface area (Å²) in [5.74, 6) is -1.09. The lowest BCUT2D eigenvalue weighted by Gasteiger charge is -2.10. The number of nitrogen functional groups attached to an aromatic ring is 1. The Balaban J connectivity index is 2.25. The van der Waals surface area contributed by atoms with Crippen molar-refractivity contribution in [3.63, 3.8) is 0 Å². The number of rotatable bonds is 2. The van der Waals surface area contributed by atoms with E-state index in [4.69, 9.17) is 5.73 Å². The Hall–Kier alpha value is -2.10. The average molecular weight is 350 g/mol. The summed E-state index contributed by atoms with van der Waals surface area (Å²) in [6, 6.07) is 3.04. The maximum Gasteiger partial charge on any atom is 0.416 e. The van der Waals surface area contributed by atoms with Crippen molar-refractivity contribution in [2.24, 2.45) is 0 Å². The molecule has 0 atom stereocenters. The molecule has 0 saturated carbocycles. The zero-order valence-electron chi connectivity index (χ0n) is 9.62. The molecular weight excluding hydrogens is 343 g/mol. The topological polar surface area (TPSA) is 96.7 Å². The fourth-order valence-corrected chi connectivity index (χ4v) is 1.89. The molecule has 4 N–H and O–H groups in total. The van der Waals surface area contributed by atoms with E-state index in [0.29, 0.717) is 0 Å². The van der Waals surface area contributed by atoms with Gasteiger partial charge in [-0.05, 0) is 18.2 Å². The molecule has 1 amide bonds. The van der Waals surface area contributed by atoms with Crippen molar-refractivity contribution < 1.29 is 18.0 Å². The first-order valence-corrected chi connectivity index (χ1v) is 5.92. The highest BCUT2D eigenvalue weighted by molar-refractivity contribution is 9.10. The van der Waals surface area contributed by atoms with Crippen LogP contribution in [0.3, 0.4) is 0 Å². The van der Waals surface area contributed by atoms with Gasteiger partial charge in [-0.3, -0.25) is 9.89 Å². The van der Waals surface area contributed by atoms with E-state index in [1.165, 1.54) is 6.07 Å². The van der Waals surface area contributed by atoms with Crippen LogP contribution in [0.4, 0.5) is 24.8 Å².